The molecule has 1 aliphatic rings. The second-order valence-corrected chi connectivity index (χ2v) is 10.6. The van der Waals surface area contributed by atoms with Crippen molar-refractivity contribution >= 4 is 50.2 Å². The van der Waals surface area contributed by atoms with Crippen LogP contribution in [-0.2, 0) is 0 Å². The monoisotopic (exact) mass is 537 g/mol. The summed E-state index contributed by atoms with van der Waals surface area (Å²) >= 11 is 0. The molecule has 5 heteroatoms. The Morgan fingerprint density at radius 1 is 0.524 bits per heavy atom. The highest BCUT2D eigenvalue weighted by molar-refractivity contribution is 6.03. The minimum Gasteiger partial charge on any atom is -0.280 e. The van der Waals surface area contributed by atoms with E-state index in [4.69, 9.17) is 9.97 Å². The van der Waals surface area contributed by atoms with E-state index in [1.165, 1.54) is 5.56 Å². The second-order valence-electron chi connectivity index (χ2n) is 10.6. The number of pyridine rings is 2. The van der Waals surface area contributed by atoms with Crippen LogP contribution in [0.4, 0.5) is 17.3 Å². The molecule has 0 unspecified atom stereocenters. The van der Waals surface area contributed by atoms with E-state index in [-0.39, 0.29) is 0 Å². The number of hydrogen-bond donors (Lipinski definition) is 0. The number of aromatic nitrogens is 4. The maximum absolute atomic E-state index is 5.21. The molecule has 0 spiro atoms. The summed E-state index contributed by atoms with van der Waals surface area (Å²) in [6.45, 7) is 0. The molecule has 0 bridgehead atoms. The Bertz CT molecular complexity index is 2330. The Hall–Kier alpha value is -5.81. The number of rotatable bonds is 2. The first kappa shape index (κ1) is 22.9. The zero-order valence-corrected chi connectivity index (χ0v) is 22.5. The van der Waals surface area contributed by atoms with Crippen LogP contribution in [-0.4, -0.2) is 19.5 Å². The van der Waals surface area contributed by atoms with Gasteiger partial charge in [-0.15, -0.1) is 0 Å². The van der Waals surface area contributed by atoms with Crippen LogP contribution in [0.25, 0.3) is 60.9 Å². The largest absolute Gasteiger partial charge is 0.280 e. The number of fused-ring (bicyclic) bond motifs is 10. The van der Waals surface area contributed by atoms with Gasteiger partial charge in [0.2, 0.25) is 5.95 Å². The molecule has 3 aromatic heterocycles. The average molecular weight is 538 g/mol. The van der Waals surface area contributed by atoms with E-state index >= 15 is 0 Å². The minimum absolute atomic E-state index is 0.854. The van der Waals surface area contributed by atoms with Gasteiger partial charge in [-0.2, -0.15) is 0 Å². The molecule has 42 heavy (non-hydrogen) atoms. The maximum atomic E-state index is 5.21. The van der Waals surface area contributed by atoms with Gasteiger partial charge in [-0.3, -0.25) is 14.5 Å². The summed E-state index contributed by atoms with van der Waals surface area (Å²) in [4.78, 5) is 17.3. The molecule has 5 aromatic carbocycles. The Balaban J connectivity index is 1.29. The minimum atomic E-state index is 0.854. The van der Waals surface area contributed by atoms with Crippen molar-refractivity contribution in [3.05, 3.63) is 140 Å². The van der Waals surface area contributed by atoms with Crippen molar-refractivity contribution in [3.63, 3.8) is 0 Å². The molecule has 0 fully saturated rings. The van der Waals surface area contributed by atoms with Crippen LogP contribution >= 0.6 is 0 Å². The molecule has 0 atom stereocenters. The summed E-state index contributed by atoms with van der Waals surface area (Å²) in [6.07, 6.45) is 1.83. The zero-order valence-electron chi connectivity index (χ0n) is 22.5. The molecule has 0 aliphatic carbocycles. The van der Waals surface area contributed by atoms with Crippen molar-refractivity contribution in [2.45, 2.75) is 0 Å². The lowest BCUT2D eigenvalue weighted by Gasteiger charge is -2.25. The fourth-order valence-electron chi connectivity index (χ4n) is 6.24. The van der Waals surface area contributed by atoms with Crippen molar-refractivity contribution in [3.8, 4) is 28.1 Å². The molecule has 1 aliphatic heterocycles. The van der Waals surface area contributed by atoms with Crippen LogP contribution in [0.1, 0.15) is 0 Å². The molecule has 0 saturated carbocycles. The van der Waals surface area contributed by atoms with Gasteiger partial charge in [-0.25, -0.2) is 9.97 Å². The van der Waals surface area contributed by atoms with Crippen molar-refractivity contribution in [2.24, 2.45) is 0 Å². The van der Waals surface area contributed by atoms with Gasteiger partial charge in [0.05, 0.1) is 39.1 Å². The fourth-order valence-corrected chi connectivity index (χ4v) is 6.24. The number of imidazole rings is 1. The molecule has 0 radical (unpaired) electrons. The Labute approximate surface area is 242 Å². The van der Waals surface area contributed by atoms with Crippen LogP contribution < -0.4 is 4.90 Å². The summed E-state index contributed by atoms with van der Waals surface area (Å²) in [5.74, 6) is 0.854. The molecule has 8 aromatic rings. The molecule has 9 rings (SSSR count). The Kier molecular flexibility index (Phi) is 4.83. The van der Waals surface area contributed by atoms with E-state index in [1.807, 2.05) is 18.3 Å². The first-order valence-electron chi connectivity index (χ1n) is 14.0. The van der Waals surface area contributed by atoms with Gasteiger partial charge in [0.15, 0.2) is 0 Å². The van der Waals surface area contributed by atoms with E-state index in [9.17, 15) is 0 Å². The summed E-state index contributed by atoms with van der Waals surface area (Å²) in [5.41, 5.74) is 11.3. The van der Waals surface area contributed by atoms with Gasteiger partial charge < -0.3 is 0 Å². The molecule has 4 heterocycles. The predicted molar refractivity (Wildman–Crippen MR) is 171 cm³/mol. The molecule has 0 saturated heterocycles. The SMILES string of the molecule is c1cc(-c2ccc3ccc4cccnc4c3n2)cc(N2c3ccccc3-c3ccccc3-n3c2nc2ccccc23)c1. The lowest BCUT2D eigenvalue weighted by Crippen LogP contribution is -2.14. The normalized spacial score (nSPS) is 12.2. The van der Waals surface area contributed by atoms with Crippen molar-refractivity contribution in [1.29, 1.82) is 0 Å². The van der Waals surface area contributed by atoms with Crippen molar-refractivity contribution < 1.29 is 0 Å². The van der Waals surface area contributed by atoms with E-state index in [0.29, 0.717) is 0 Å². The van der Waals surface area contributed by atoms with E-state index < -0.39 is 0 Å². The molecular formula is C37H23N5. The predicted octanol–water partition coefficient (Wildman–Crippen LogP) is 9.24. The highest BCUT2D eigenvalue weighted by Gasteiger charge is 2.29. The Morgan fingerprint density at radius 2 is 1.26 bits per heavy atom. The third-order valence-electron chi connectivity index (χ3n) is 8.16. The van der Waals surface area contributed by atoms with Gasteiger partial charge >= 0.3 is 0 Å². The standard InChI is InChI=1S/C37H23N5/c1-4-15-32-28(12-1)29-13-2-5-16-33(29)42-34-17-6-3-14-31(34)40-37(42)41(32)27-11-7-9-26(23-27)30-21-20-25-19-18-24-10-8-22-38-35(24)36(25)39-30/h1-23H. The summed E-state index contributed by atoms with van der Waals surface area (Å²) < 4.78 is 2.28. The number of hydrogen-bond acceptors (Lipinski definition) is 4. The lowest BCUT2D eigenvalue weighted by atomic mass is 10.0. The first-order chi connectivity index (χ1) is 20.8. The number of benzene rings is 5. The van der Waals surface area contributed by atoms with Crippen molar-refractivity contribution in [2.75, 3.05) is 4.90 Å². The van der Waals surface area contributed by atoms with Crippen LogP contribution in [0.5, 0.6) is 0 Å². The number of anilines is 3. The van der Waals surface area contributed by atoms with Gasteiger partial charge in [0, 0.05) is 39.3 Å². The smallest absolute Gasteiger partial charge is 0.220 e. The summed E-state index contributed by atoms with van der Waals surface area (Å²) in [6, 6.07) is 46.6. The quantitative estimate of drug-likeness (QED) is 0.206. The Morgan fingerprint density at radius 3 is 2.17 bits per heavy atom. The molecular weight excluding hydrogens is 514 g/mol. The molecule has 0 N–H and O–H groups in total. The highest BCUT2D eigenvalue weighted by Crippen LogP contribution is 2.47. The summed E-state index contributed by atoms with van der Waals surface area (Å²) in [7, 11) is 0. The topological polar surface area (TPSA) is 46.8 Å². The molecule has 196 valence electrons. The first-order valence-corrected chi connectivity index (χ1v) is 14.0. The van der Waals surface area contributed by atoms with Gasteiger partial charge in [0.25, 0.3) is 0 Å². The average Bonchev–Trinajstić information content (AvgIpc) is 3.38. The van der Waals surface area contributed by atoms with Gasteiger partial charge in [-0.1, -0.05) is 84.9 Å². The number of nitrogens with zero attached hydrogens (tertiary/aromatic N) is 5. The lowest BCUT2D eigenvalue weighted by molar-refractivity contribution is 1.05. The molecule has 0 amide bonds. The van der Waals surface area contributed by atoms with Crippen LogP contribution in [0.15, 0.2) is 140 Å². The van der Waals surface area contributed by atoms with Crippen molar-refractivity contribution in [1.82, 2.24) is 19.5 Å². The van der Waals surface area contributed by atoms with E-state index in [2.05, 4.69) is 136 Å². The third kappa shape index (κ3) is 3.34. The van der Waals surface area contributed by atoms with Crippen LogP contribution in [0.2, 0.25) is 0 Å². The molecule has 5 nitrogen and oxygen atoms in total. The maximum Gasteiger partial charge on any atom is 0.220 e. The number of para-hydroxylation sites is 4. The van der Waals surface area contributed by atoms with E-state index in [1.54, 1.807) is 0 Å². The van der Waals surface area contributed by atoms with E-state index in [0.717, 1.165) is 72.7 Å². The highest BCUT2D eigenvalue weighted by atomic mass is 15.3. The van der Waals surface area contributed by atoms with Gasteiger partial charge in [0.1, 0.15) is 0 Å². The van der Waals surface area contributed by atoms with Crippen LogP contribution in [0, 0.1) is 0 Å². The van der Waals surface area contributed by atoms with Gasteiger partial charge in [-0.05, 0) is 48.5 Å². The van der Waals surface area contributed by atoms with Crippen LogP contribution in [0.3, 0.4) is 0 Å². The second kappa shape index (κ2) is 8.85. The summed E-state index contributed by atoms with van der Waals surface area (Å²) in [5, 5.41) is 2.16. The fraction of sp³-hybridized carbons (Fsp3) is 0. The third-order valence-corrected chi connectivity index (χ3v) is 8.16. The zero-order chi connectivity index (χ0) is 27.6.